The molecule has 1 N–H and O–H groups in total. The van der Waals surface area contributed by atoms with Crippen LogP contribution in [0.3, 0.4) is 0 Å². The third kappa shape index (κ3) is 3.58. The van der Waals surface area contributed by atoms with E-state index in [1.165, 1.54) is 56.9 Å². The third-order valence-corrected chi connectivity index (χ3v) is 10.4. The highest BCUT2D eigenvalue weighted by Gasteiger charge is 2.59. The Kier molecular flexibility index (Phi) is 5.86. The smallest absolute Gasteiger partial charge is 0.0577 e. The molecule has 4 rings (SSSR count). The number of allylic oxidation sites excluding steroid dienone is 2. The summed E-state index contributed by atoms with van der Waals surface area (Å²) >= 11 is 0. The van der Waals surface area contributed by atoms with Gasteiger partial charge in [0.05, 0.1) is 6.10 Å². The lowest BCUT2D eigenvalue weighted by Gasteiger charge is -2.58. The summed E-state index contributed by atoms with van der Waals surface area (Å²) in [6.07, 6.45) is 15.1. The van der Waals surface area contributed by atoms with Gasteiger partial charge in [0.25, 0.3) is 0 Å². The van der Waals surface area contributed by atoms with Gasteiger partial charge in [-0.1, -0.05) is 58.4 Å². The lowest BCUT2D eigenvalue weighted by atomic mass is 9.47. The molecule has 29 heavy (non-hydrogen) atoms. The summed E-state index contributed by atoms with van der Waals surface area (Å²) in [7, 11) is 0. The molecule has 3 saturated carbocycles. The van der Waals surface area contributed by atoms with Crippen molar-refractivity contribution < 1.29 is 5.11 Å². The Hall–Kier alpha value is -0.560. The molecule has 4 aliphatic carbocycles. The van der Waals surface area contributed by atoms with E-state index in [1.54, 1.807) is 5.57 Å². The van der Waals surface area contributed by atoms with Crippen LogP contribution in [0.25, 0.3) is 0 Å². The minimum absolute atomic E-state index is 0.0895. The number of aliphatic hydroxyl groups excluding tert-OH is 1. The van der Waals surface area contributed by atoms with Gasteiger partial charge in [-0.2, -0.15) is 0 Å². The molecule has 0 bridgehead atoms. The van der Waals surface area contributed by atoms with E-state index in [-0.39, 0.29) is 6.10 Å². The first-order valence-corrected chi connectivity index (χ1v) is 12.7. The Morgan fingerprint density at radius 1 is 1.10 bits per heavy atom. The van der Waals surface area contributed by atoms with Gasteiger partial charge in [-0.05, 0) is 111 Å². The van der Waals surface area contributed by atoms with E-state index in [9.17, 15) is 5.11 Å². The quantitative estimate of drug-likeness (QED) is 0.474. The van der Waals surface area contributed by atoms with Gasteiger partial charge < -0.3 is 5.11 Å². The molecular formula is C28H46O. The largest absolute Gasteiger partial charge is 0.393 e. The summed E-state index contributed by atoms with van der Waals surface area (Å²) in [6, 6.07) is 0. The first kappa shape index (κ1) is 21.7. The first-order chi connectivity index (χ1) is 13.7. The topological polar surface area (TPSA) is 20.2 Å². The average molecular weight is 399 g/mol. The van der Waals surface area contributed by atoms with Crippen LogP contribution in [-0.4, -0.2) is 11.2 Å². The van der Waals surface area contributed by atoms with Crippen LogP contribution in [0.1, 0.15) is 98.8 Å². The van der Waals surface area contributed by atoms with E-state index < -0.39 is 0 Å². The molecule has 0 amide bonds. The fourth-order valence-electron chi connectivity index (χ4n) is 8.49. The number of rotatable bonds is 5. The van der Waals surface area contributed by atoms with Gasteiger partial charge in [-0.15, -0.1) is 0 Å². The molecule has 3 fully saturated rings. The van der Waals surface area contributed by atoms with E-state index >= 15 is 0 Å². The predicted molar refractivity (Wildman–Crippen MR) is 124 cm³/mol. The van der Waals surface area contributed by atoms with Crippen LogP contribution >= 0.6 is 0 Å². The van der Waals surface area contributed by atoms with E-state index in [0.29, 0.717) is 16.7 Å². The minimum Gasteiger partial charge on any atom is -0.393 e. The highest BCUT2D eigenvalue weighted by molar-refractivity contribution is 5.25. The predicted octanol–water partition coefficient (Wildman–Crippen LogP) is 7.55. The summed E-state index contributed by atoms with van der Waals surface area (Å²) in [6.45, 7) is 16.9. The molecule has 1 heteroatoms. The van der Waals surface area contributed by atoms with Gasteiger partial charge >= 0.3 is 0 Å². The average Bonchev–Trinajstić information content (AvgIpc) is 3.03. The van der Waals surface area contributed by atoms with E-state index in [2.05, 4.69) is 47.3 Å². The van der Waals surface area contributed by atoms with Crippen LogP contribution in [0.2, 0.25) is 0 Å². The van der Waals surface area contributed by atoms with Gasteiger partial charge in [0, 0.05) is 0 Å². The fraction of sp³-hybridized carbons (Fsp3) is 0.857. The monoisotopic (exact) mass is 398 g/mol. The van der Waals surface area contributed by atoms with Crippen LogP contribution in [0, 0.1) is 46.3 Å². The molecule has 0 radical (unpaired) electrons. The maximum atomic E-state index is 10.2. The number of aliphatic hydroxyl groups is 1. The highest BCUT2D eigenvalue weighted by Crippen LogP contribution is 2.67. The molecule has 0 aromatic rings. The normalized spacial score (nSPS) is 45.2. The lowest BCUT2D eigenvalue weighted by molar-refractivity contribution is -0.0547. The summed E-state index contributed by atoms with van der Waals surface area (Å²) in [5, 5.41) is 10.2. The molecule has 1 unspecified atom stereocenters. The van der Waals surface area contributed by atoms with Crippen molar-refractivity contribution in [2.24, 2.45) is 46.3 Å². The van der Waals surface area contributed by atoms with Crippen LogP contribution in [-0.2, 0) is 0 Å². The van der Waals surface area contributed by atoms with Gasteiger partial charge in [-0.25, -0.2) is 0 Å². The van der Waals surface area contributed by atoms with Gasteiger partial charge in [0.1, 0.15) is 0 Å². The van der Waals surface area contributed by atoms with Crippen LogP contribution in [0.15, 0.2) is 23.8 Å². The molecule has 4 aliphatic rings. The van der Waals surface area contributed by atoms with Crippen molar-refractivity contribution in [2.75, 3.05) is 0 Å². The fourth-order valence-corrected chi connectivity index (χ4v) is 8.49. The Morgan fingerprint density at radius 3 is 2.59 bits per heavy atom. The third-order valence-electron chi connectivity index (χ3n) is 10.4. The number of hydrogen-bond donors (Lipinski definition) is 1. The Morgan fingerprint density at radius 2 is 1.86 bits per heavy atom. The molecule has 8 atom stereocenters. The van der Waals surface area contributed by atoms with Crippen molar-refractivity contribution in [1.82, 2.24) is 0 Å². The van der Waals surface area contributed by atoms with Gasteiger partial charge in [0.15, 0.2) is 0 Å². The molecule has 0 aliphatic heterocycles. The van der Waals surface area contributed by atoms with Crippen molar-refractivity contribution in [1.29, 1.82) is 0 Å². The highest BCUT2D eigenvalue weighted by atomic mass is 16.3. The molecule has 0 aromatic heterocycles. The van der Waals surface area contributed by atoms with Crippen LogP contribution in [0.4, 0.5) is 0 Å². The van der Waals surface area contributed by atoms with Gasteiger partial charge in [0.2, 0.25) is 0 Å². The maximum absolute atomic E-state index is 10.2. The maximum Gasteiger partial charge on any atom is 0.0577 e. The van der Waals surface area contributed by atoms with E-state index in [0.717, 1.165) is 42.4 Å². The minimum atomic E-state index is -0.0895. The molecule has 1 nitrogen and oxygen atoms in total. The Bertz CT molecular complexity index is 659. The molecule has 0 aromatic carbocycles. The summed E-state index contributed by atoms with van der Waals surface area (Å²) in [5.41, 5.74) is 4.00. The van der Waals surface area contributed by atoms with Crippen molar-refractivity contribution >= 4 is 0 Å². The second-order valence-electron chi connectivity index (χ2n) is 12.3. The second-order valence-corrected chi connectivity index (χ2v) is 12.3. The van der Waals surface area contributed by atoms with Crippen molar-refractivity contribution in [3.8, 4) is 0 Å². The van der Waals surface area contributed by atoms with E-state index in [1.807, 2.05) is 0 Å². The molecule has 0 saturated heterocycles. The van der Waals surface area contributed by atoms with Crippen LogP contribution in [0.5, 0.6) is 0 Å². The molecular weight excluding hydrogens is 352 g/mol. The molecule has 0 spiro atoms. The summed E-state index contributed by atoms with van der Waals surface area (Å²) in [4.78, 5) is 0. The zero-order valence-corrected chi connectivity index (χ0v) is 19.8. The zero-order valence-electron chi connectivity index (χ0n) is 19.8. The second kappa shape index (κ2) is 7.85. The zero-order chi connectivity index (χ0) is 21.0. The Labute approximate surface area is 180 Å². The number of hydrogen-bond acceptors (Lipinski definition) is 1. The van der Waals surface area contributed by atoms with Crippen molar-refractivity contribution in [3.05, 3.63) is 23.8 Å². The van der Waals surface area contributed by atoms with Gasteiger partial charge in [-0.3, -0.25) is 0 Å². The van der Waals surface area contributed by atoms with Crippen molar-refractivity contribution in [2.45, 2.75) is 105 Å². The SMILES string of the molecule is C=C(CCC(C)C)C(C)[C@H]1CC[C@H]2[C@@H]3CC=C4C[C@@H](O)CC[C@]4(C)[C@H]3CC[C@]12C. The van der Waals surface area contributed by atoms with E-state index in [4.69, 9.17) is 0 Å². The van der Waals surface area contributed by atoms with Crippen molar-refractivity contribution in [3.63, 3.8) is 0 Å². The molecule has 0 heterocycles. The lowest BCUT2D eigenvalue weighted by Crippen LogP contribution is -2.50. The number of fused-ring (bicyclic) bond motifs is 5. The first-order valence-electron chi connectivity index (χ1n) is 12.7. The Balaban J connectivity index is 1.52. The van der Waals surface area contributed by atoms with Crippen LogP contribution < -0.4 is 0 Å². The summed E-state index contributed by atoms with van der Waals surface area (Å²) < 4.78 is 0. The summed E-state index contributed by atoms with van der Waals surface area (Å²) in [5.74, 6) is 4.91. The molecule has 164 valence electrons. The standard InChI is InChI=1S/C28H46O/c1-18(2)7-8-19(3)20(4)24-11-12-25-23-10-9-21-17-22(29)13-15-27(21,5)26(23)14-16-28(24,25)6/h9,18,20,22-26,29H,3,7-8,10-17H2,1-2,4-6H3/t20?,22-,23-,24+,25-,26-,27-,28+/m0/s1.